The maximum Gasteiger partial charge on any atom is 0.472 e. The van der Waals surface area contributed by atoms with Crippen molar-refractivity contribution in [3.63, 3.8) is 0 Å². The second-order valence-corrected chi connectivity index (χ2v) is 18.3. The van der Waals surface area contributed by atoms with Crippen LogP contribution < -0.4 is 0 Å². The first-order valence-corrected chi connectivity index (χ1v) is 26.8. The zero-order valence-electron chi connectivity index (χ0n) is 39.4. The SMILES string of the molecule is CC/C=C\C/C=C\C/C=C\CCCCCCCCCC(=O)OC(COC(=O)CCCCCCCCCCCCCCCCCCCCCCCCC)COP(=O)(O)OCC. The van der Waals surface area contributed by atoms with Crippen LogP contribution in [0, 0.1) is 0 Å². The molecule has 0 fully saturated rings. The van der Waals surface area contributed by atoms with Gasteiger partial charge in [-0.25, -0.2) is 4.57 Å². The molecule has 2 unspecified atom stereocenters. The van der Waals surface area contributed by atoms with Gasteiger partial charge in [-0.15, -0.1) is 0 Å². The van der Waals surface area contributed by atoms with Gasteiger partial charge in [0.2, 0.25) is 0 Å². The molecule has 0 bridgehead atoms. The molecule has 0 amide bonds. The van der Waals surface area contributed by atoms with E-state index >= 15 is 0 Å². The van der Waals surface area contributed by atoms with Crippen LogP contribution in [0.25, 0.3) is 0 Å². The standard InChI is InChI=1S/C51H95O8P/c1-4-7-9-11-13-15-17-19-21-23-24-25-26-27-28-30-31-33-35-37-39-41-43-45-50(52)56-47-49(48-58-60(54,55)57-6-3)59-51(53)46-44-42-40-38-36-34-32-29-22-20-18-16-14-12-10-8-5-2/h8,10,14,16,20,22,49H,4-7,9,11-13,15,17-19,21,23-48H2,1-3H3,(H,54,55)/b10-8-,16-14-,22-20-. The minimum absolute atomic E-state index is 0.000721. The van der Waals surface area contributed by atoms with Crippen LogP contribution >= 0.6 is 7.82 Å². The Bertz CT molecular complexity index is 1070. The van der Waals surface area contributed by atoms with E-state index in [0.29, 0.717) is 12.8 Å². The molecule has 0 spiro atoms. The zero-order valence-corrected chi connectivity index (χ0v) is 40.3. The number of carbonyl (C=O) groups excluding carboxylic acids is 2. The molecule has 0 saturated heterocycles. The monoisotopic (exact) mass is 867 g/mol. The van der Waals surface area contributed by atoms with Crippen molar-refractivity contribution < 1.29 is 37.6 Å². The third-order valence-corrected chi connectivity index (χ3v) is 12.0. The van der Waals surface area contributed by atoms with Crippen LogP contribution in [0.4, 0.5) is 0 Å². The lowest BCUT2D eigenvalue weighted by Crippen LogP contribution is -2.29. The van der Waals surface area contributed by atoms with Gasteiger partial charge in [0.1, 0.15) is 6.61 Å². The number of phosphoric acid groups is 1. The van der Waals surface area contributed by atoms with Gasteiger partial charge in [0, 0.05) is 12.8 Å². The quantitative estimate of drug-likeness (QED) is 0.0279. The molecule has 0 radical (unpaired) electrons. The number of hydrogen-bond acceptors (Lipinski definition) is 7. The van der Waals surface area contributed by atoms with Crippen LogP contribution in [0.3, 0.4) is 0 Å². The third-order valence-electron chi connectivity index (χ3n) is 11.0. The second-order valence-electron chi connectivity index (χ2n) is 16.8. The molecule has 0 aromatic heterocycles. The maximum atomic E-state index is 12.6. The van der Waals surface area contributed by atoms with Gasteiger partial charge in [-0.1, -0.05) is 224 Å². The molecule has 0 aromatic carbocycles. The van der Waals surface area contributed by atoms with E-state index in [-0.39, 0.29) is 25.6 Å². The number of esters is 2. The first-order chi connectivity index (χ1) is 29.3. The Kier molecular flexibility index (Phi) is 45.4. The summed E-state index contributed by atoms with van der Waals surface area (Å²) in [6, 6.07) is 0. The number of ether oxygens (including phenoxy) is 2. The van der Waals surface area contributed by atoms with Gasteiger partial charge < -0.3 is 14.4 Å². The molecule has 9 heteroatoms. The van der Waals surface area contributed by atoms with Crippen LogP contribution in [0.1, 0.15) is 252 Å². The molecule has 0 saturated carbocycles. The van der Waals surface area contributed by atoms with Crippen molar-refractivity contribution in [3.8, 4) is 0 Å². The van der Waals surface area contributed by atoms with Gasteiger partial charge in [0.05, 0.1) is 13.2 Å². The third kappa shape index (κ3) is 45.8. The number of allylic oxidation sites excluding steroid dienone is 6. The molecule has 0 aliphatic heterocycles. The Morgan fingerprint density at radius 2 is 0.850 bits per heavy atom. The summed E-state index contributed by atoms with van der Waals surface area (Å²) in [5.41, 5.74) is 0. The predicted molar refractivity (Wildman–Crippen MR) is 253 cm³/mol. The van der Waals surface area contributed by atoms with Gasteiger partial charge >= 0.3 is 19.8 Å². The van der Waals surface area contributed by atoms with Crippen molar-refractivity contribution in [1.29, 1.82) is 0 Å². The van der Waals surface area contributed by atoms with E-state index in [2.05, 4.69) is 50.3 Å². The lowest BCUT2D eigenvalue weighted by molar-refractivity contribution is -0.161. The molecular formula is C51H95O8P. The normalized spacial score (nSPS) is 13.5. The molecule has 1 N–H and O–H groups in total. The van der Waals surface area contributed by atoms with Crippen LogP contribution in [-0.4, -0.2) is 42.8 Å². The van der Waals surface area contributed by atoms with E-state index in [1.807, 2.05) is 0 Å². The summed E-state index contributed by atoms with van der Waals surface area (Å²) in [6.07, 6.45) is 55.0. The molecule has 0 rings (SSSR count). The summed E-state index contributed by atoms with van der Waals surface area (Å²) in [7, 11) is -4.29. The number of unbranched alkanes of at least 4 members (excludes halogenated alkanes) is 29. The van der Waals surface area contributed by atoms with Crippen molar-refractivity contribution >= 4 is 19.8 Å². The molecule has 0 aromatic rings. The van der Waals surface area contributed by atoms with E-state index in [4.69, 9.17) is 18.5 Å². The van der Waals surface area contributed by atoms with E-state index in [9.17, 15) is 19.0 Å². The Morgan fingerprint density at radius 1 is 0.467 bits per heavy atom. The number of hydrogen-bond donors (Lipinski definition) is 1. The molecule has 60 heavy (non-hydrogen) atoms. The van der Waals surface area contributed by atoms with Gasteiger partial charge in [0.25, 0.3) is 0 Å². The first-order valence-electron chi connectivity index (χ1n) is 25.3. The summed E-state index contributed by atoms with van der Waals surface area (Å²) in [4.78, 5) is 34.9. The van der Waals surface area contributed by atoms with Crippen molar-refractivity contribution in [3.05, 3.63) is 36.5 Å². The van der Waals surface area contributed by atoms with E-state index in [1.54, 1.807) is 6.92 Å². The Labute approximate surface area is 370 Å². The molecular weight excluding hydrogens is 772 g/mol. The summed E-state index contributed by atoms with van der Waals surface area (Å²) >= 11 is 0. The highest BCUT2D eigenvalue weighted by atomic mass is 31.2. The Morgan fingerprint density at radius 3 is 1.28 bits per heavy atom. The largest absolute Gasteiger partial charge is 0.472 e. The lowest BCUT2D eigenvalue weighted by atomic mass is 10.0. The average Bonchev–Trinajstić information content (AvgIpc) is 3.23. The first kappa shape index (κ1) is 58.3. The van der Waals surface area contributed by atoms with Crippen LogP contribution in [-0.2, 0) is 32.7 Å². The predicted octanol–water partition coefficient (Wildman–Crippen LogP) is 16.3. The molecule has 0 heterocycles. The average molecular weight is 867 g/mol. The summed E-state index contributed by atoms with van der Waals surface area (Å²) in [6.45, 7) is 5.40. The minimum atomic E-state index is -4.29. The fraction of sp³-hybridized carbons (Fsp3) is 0.843. The summed E-state index contributed by atoms with van der Waals surface area (Å²) in [5, 5.41) is 0. The van der Waals surface area contributed by atoms with Crippen LogP contribution in [0.2, 0.25) is 0 Å². The van der Waals surface area contributed by atoms with Crippen LogP contribution in [0.15, 0.2) is 36.5 Å². The molecule has 8 nitrogen and oxygen atoms in total. The lowest BCUT2D eigenvalue weighted by Gasteiger charge is -2.19. The Hall–Kier alpha value is -1.73. The number of phosphoric ester groups is 1. The van der Waals surface area contributed by atoms with Gasteiger partial charge in [0.15, 0.2) is 6.10 Å². The van der Waals surface area contributed by atoms with E-state index in [1.165, 1.54) is 148 Å². The minimum Gasteiger partial charge on any atom is -0.462 e. The fourth-order valence-electron chi connectivity index (χ4n) is 7.29. The van der Waals surface area contributed by atoms with Gasteiger partial charge in [-0.05, 0) is 51.9 Å². The smallest absolute Gasteiger partial charge is 0.462 e. The summed E-state index contributed by atoms with van der Waals surface area (Å²) in [5.74, 6) is -0.798. The highest BCUT2D eigenvalue weighted by Crippen LogP contribution is 2.43. The maximum absolute atomic E-state index is 12.6. The summed E-state index contributed by atoms with van der Waals surface area (Å²) < 4.78 is 32.8. The van der Waals surface area contributed by atoms with E-state index < -0.39 is 26.5 Å². The van der Waals surface area contributed by atoms with Gasteiger partial charge in [-0.3, -0.25) is 18.6 Å². The van der Waals surface area contributed by atoms with E-state index in [0.717, 1.165) is 64.2 Å². The van der Waals surface area contributed by atoms with Crippen molar-refractivity contribution in [2.24, 2.45) is 0 Å². The van der Waals surface area contributed by atoms with Crippen molar-refractivity contribution in [1.82, 2.24) is 0 Å². The zero-order chi connectivity index (χ0) is 43.9. The molecule has 2 atom stereocenters. The highest BCUT2D eigenvalue weighted by Gasteiger charge is 2.25. The topological polar surface area (TPSA) is 108 Å². The van der Waals surface area contributed by atoms with Crippen molar-refractivity contribution in [2.45, 2.75) is 258 Å². The fourth-order valence-corrected chi connectivity index (χ4v) is 8.05. The molecule has 352 valence electrons. The molecule has 0 aliphatic carbocycles. The number of rotatable bonds is 47. The Balaban J connectivity index is 3.94. The molecule has 0 aliphatic rings. The second kappa shape index (κ2) is 46.8. The van der Waals surface area contributed by atoms with Gasteiger partial charge in [-0.2, -0.15) is 0 Å². The van der Waals surface area contributed by atoms with Crippen molar-refractivity contribution in [2.75, 3.05) is 19.8 Å². The van der Waals surface area contributed by atoms with Crippen LogP contribution in [0.5, 0.6) is 0 Å². The number of carbonyl (C=O) groups is 2. The highest BCUT2D eigenvalue weighted by molar-refractivity contribution is 7.47.